The lowest BCUT2D eigenvalue weighted by Crippen LogP contribution is -2.41. The van der Waals surface area contributed by atoms with Gasteiger partial charge in [-0.1, -0.05) is 0 Å². The smallest absolute Gasteiger partial charge is 0.235 e. The summed E-state index contributed by atoms with van der Waals surface area (Å²) < 4.78 is 16.8. The maximum atomic E-state index is 11.5. The van der Waals surface area contributed by atoms with Crippen LogP contribution in [0.1, 0.15) is 12.8 Å². The van der Waals surface area contributed by atoms with Crippen molar-refractivity contribution in [3.8, 4) is 0 Å². The normalized spacial score (nSPS) is 25.9. The Bertz CT molecular complexity index is 229. The lowest BCUT2D eigenvalue weighted by atomic mass is 10.3. The van der Waals surface area contributed by atoms with E-state index >= 15 is 0 Å². The van der Waals surface area contributed by atoms with E-state index in [0.29, 0.717) is 5.75 Å². The number of amides is 1. The van der Waals surface area contributed by atoms with Crippen molar-refractivity contribution in [3.05, 3.63) is 0 Å². The van der Waals surface area contributed by atoms with Gasteiger partial charge in [0.25, 0.3) is 0 Å². The maximum absolute atomic E-state index is 11.5. The molecule has 0 radical (unpaired) electrons. The zero-order valence-electron chi connectivity index (χ0n) is 7.98. The van der Waals surface area contributed by atoms with Crippen LogP contribution in [-0.4, -0.2) is 40.4 Å². The summed E-state index contributed by atoms with van der Waals surface area (Å²) in [6.45, 7) is 0.740. The topological polar surface area (TPSA) is 95.4 Å². The van der Waals surface area contributed by atoms with Crippen molar-refractivity contribution in [2.75, 3.05) is 18.1 Å². The van der Waals surface area contributed by atoms with Gasteiger partial charge in [-0.2, -0.15) is 0 Å². The summed E-state index contributed by atoms with van der Waals surface area (Å²) in [5.41, 5.74) is 10.3. The van der Waals surface area contributed by atoms with Crippen LogP contribution in [-0.2, 0) is 20.3 Å². The minimum absolute atomic E-state index is 0.0657. The molecule has 1 amide bonds. The minimum atomic E-state index is -1.11. The zero-order valence-corrected chi connectivity index (χ0v) is 8.79. The predicted molar refractivity (Wildman–Crippen MR) is 54.0 cm³/mol. The molecule has 14 heavy (non-hydrogen) atoms. The Labute approximate surface area is 85.6 Å². The summed E-state index contributed by atoms with van der Waals surface area (Å²) >= 11 is 0. The van der Waals surface area contributed by atoms with Gasteiger partial charge in [0.1, 0.15) is 0 Å². The molecule has 0 aromatic carbocycles. The number of rotatable bonds is 5. The first kappa shape index (κ1) is 11.6. The van der Waals surface area contributed by atoms with Gasteiger partial charge in [0, 0.05) is 28.9 Å². The second-order valence-corrected chi connectivity index (χ2v) is 4.96. The van der Waals surface area contributed by atoms with Gasteiger partial charge in [0.2, 0.25) is 5.91 Å². The first-order chi connectivity index (χ1) is 6.59. The van der Waals surface area contributed by atoms with Gasteiger partial charge >= 0.3 is 0 Å². The van der Waals surface area contributed by atoms with Gasteiger partial charge in [-0.05, 0) is 12.8 Å². The molecule has 0 aliphatic carbocycles. The molecule has 0 saturated carbocycles. The van der Waals surface area contributed by atoms with E-state index in [4.69, 9.17) is 16.2 Å². The molecule has 1 heterocycles. The third kappa shape index (κ3) is 3.73. The molecule has 4 N–H and O–H groups in total. The predicted octanol–water partition coefficient (Wildman–Crippen LogP) is -1.27. The number of carbonyl (C=O) groups excluding carboxylic acids is 1. The van der Waals surface area contributed by atoms with Crippen LogP contribution in [0.2, 0.25) is 0 Å². The molecule has 0 aromatic heterocycles. The number of primary amides is 1. The minimum Gasteiger partial charge on any atom is -0.377 e. The molecule has 0 bridgehead atoms. The van der Waals surface area contributed by atoms with Crippen molar-refractivity contribution in [1.82, 2.24) is 0 Å². The van der Waals surface area contributed by atoms with Gasteiger partial charge in [-0.3, -0.25) is 9.00 Å². The van der Waals surface area contributed by atoms with Crippen molar-refractivity contribution in [1.29, 1.82) is 0 Å². The molecule has 1 aliphatic heterocycles. The van der Waals surface area contributed by atoms with Crippen LogP contribution in [0.5, 0.6) is 0 Å². The number of ether oxygens (including phenoxy) is 1. The second kappa shape index (κ2) is 5.43. The highest BCUT2D eigenvalue weighted by Gasteiger charge is 2.20. The summed E-state index contributed by atoms with van der Waals surface area (Å²) in [6.07, 6.45) is 2.03. The average molecular weight is 220 g/mol. The van der Waals surface area contributed by atoms with Crippen LogP contribution in [0.4, 0.5) is 0 Å². The molecular weight excluding hydrogens is 204 g/mol. The highest BCUT2D eigenvalue weighted by molar-refractivity contribution is 7.85. The fraction of sp³-hybridized carbons (Fsp3) is 0.875. The molecule has 0 aromatic rings. The standard InChI is InChI=1S/C8H16N2O3S/c9-7(8(10)11)5-14(12)4-6-2-1-3-13-6/h6-7H,1-5,9H2,(H2,10,11). The Hall–Kier alpha value is -0.460. The Morgan fingerprint density at radius 2 is 2.36 bits per heavy atom. The Kier molecular flexibility index (Phi) is 4.50. The Balaban J connectivity index is 2.24. The Morgan fingerprint density at radius 1 is 1.64 bits per heavy atom. The number of hydrogen-bond acceptors (Lipinski definition) is 4. The summed E-state index contributed by atoms with van der Waals surface area (Å²) in [5, 5.41) is 0. The lowest BCUT2D eigenvalue weighted by Gasteiger charge is -2.10. The molecular formula is C8H16N2O3S. The molecule has 1 rings (SSSR count). The van der Waals surface area contributed by atoms with Crippen molar-refractivity contribution >= 4 is 16.7 Å². The van der Waals surface area contributed by atoms with E-state index in [-0.39, 0.29) is 11.9 Å². The van der Waals surface area contributed by atoms with E-state index in [2.05, 4.69) is 0 Å². The van der Waals surface area contributed by atoms with E-state index in [1.807, 2.05) is 0 Å². The molecule has 1 fully saturated rings. The first-order valence-electron chi connectivity index (χ1n) is 4.61. The van der Waals surface area contributed by atoms with E-state index in [0.717, 1.165) is 19.4 Å². The fourth-order valence-corrected chi connectivity index (χ4v) is 2.71. The van der Waals surface area contributed by atoms with Crippen LogP contribution in [0, 0.1) is 0 Å². The third-order valence-corrected chi connectivity index (χ3v) is 3.60. The van der Waals surface area contributed by atoms with Crippen LogP contribution in [0.3, 0.4) is 0 Å². The van der Waals surface area contributed by atoms with E-state index in [9.17, 15) is 9.00 Å². The molecule has 3 atom stereocenters. The van der Waals surface area contributed by atoms with Crippen molar-refractivity contribution < 1.29 is 13.7 Å². The second-order valence-electron chi connectivity index (χ2n) is 3.42. The Morgan fingerprint density at radius 3 is 2.86 bits per heavy atom. The van der Waals surface area contributed by atoms with E-state index in [1.54, 1.807) is 0 Å². The van der Waals surface area contributed by atoms with Crippen LogP contribution >= 0.6 is 0 Å². The largest absolute Gasteiger partial charge is 0.377 e. The average Bonchev–Trinajstić information content (AvgIpc) is 2.56. The van der Waals surface area contributed by atoms with Crippen LogP contribution in [0.15, 0.2) is 0 Å². The van der Waals surface area contributed by atoms with Crippen LogP contribution in [0.25, 0.3) is 0 Å². The summed E-state index contributed by atoms with van der Waals surface area (Å²) in [6, 6.07) is -0.808. The molecule has 1 aliphatic rings. The lowest BCUT2D eigenvalue weighted by molar-refractivity contribution is -0.118. The van der Waals surface area contributed by atoms with Gasteiger partial charge in [0.05, 0.1) is 12.1 Å². The quantitative estimate of drug-likeness (QED) is 0.603. The molecule has 5 nitrogen and oxygen atoms in total. The summed E-state index contributed by atoms with van der Waals surface area (Å²) in [4.78, 5) is 10.6. The maximum Gasteiger partial charge on any atom is 0.235 e. The van der Waals surface area contributed by atoms with Gasteiger partial charge in [-0.25, -0.2) is 0 Å². The van der Waals surface area contributed by atoms with E-state index in [1.165, 1.54) is 0 Å². The highest BCUT2D eigenvalue weighted by Crippen LogP contribution is 2.12. The molecule has 3 unspecified atom stereocenters. The molecule has 0 spiro atoms. The number of carbonyl (C=O) groups is 1. The van der Waals surface area contributed by atoms with Crippen LogP contribution < -0.4 is 11.5 Å². The monoisotopic (exact) mass is 220 g/mol. The number of nitrogens with two attached hydrogens (primary N) is 2. The van der Waals surface area contributed by atoms with Gasteiger partial charge in [-0.15, -0.1) is 0 Å². The highest BCUT2D eigenvalue weighted by atomic mass is 32.2. The van der Waals surface area contributed by atoms with Crippen molar-refractivity contribution in [2.24, 2.45) is 11.5 Å². The first-order valence-corrected chi connectivity index (χ1v) is 6.10. The molecule has 1 saturated heterocycles. The van der Waals surface area contributed by atoms with Crippen molar-refractivity contribution in [3.63, 3.8) is 0 Å². The SMILES string of the molecule is NC(=O)C(N)CS(=O)CC1CCCO1. The fourth-order valence-electron chi connectivity index (χ4n) is 1.33. The third-order valence-electron chi connectivity index (χ3n) is 2.13. The molecule has 82 valence electrons. The summed E-state index contributed by atoms with van der Waals surface area (Å²) in [5.74, 6) is -0.0124. The molecule has 6 heteroatoms. The van der Waals surface area contributed by atoms with Gasteiger partial charge < -0.3 is 16.2 Å². The number of hydrogen-bond donors (Lipinski definition) is 2. The van der Waals surface area contributed by atoms with Crippen molar-refractivity contribution in [2.45, 2.75) is 25.0 Å². The summed E-state index contributed by atoms with van der Waals surface area (Å²) in [7, 11) is -1.11. The zero-order chi connectivity index (χ0) is 10.6. The van der Waals surface area contributed by atoms with E-state index < -0.39 is 22.7 Å². The van der Waals surface area contributed by atoms with Gasteiger partial charge in [0.15, 0.2) is 0 Å².